The first-order valence-electron chi connectivity index (χ1n) is 7.70. The van der Waals surface area contributed by atoms with E-state index in [1.807, 2.05) is 26.8 Å². The van der Waals surface area contributed by atoms with E-state index in [4.69, 9.17) is 9.47 Å². The molecule has 1 amide bonds. The molecule has 0 aliphatic carbocycles. The van der Waals surface area contributed by atoms with Crippen LogP contribution >= 0.6 is 0 Å². The number of quaternary nitrogens is 1. The van der Waals surface area contributed by atoms with Crippen molar-refractivity contribution in [3.05, 3.63) is 23.3 Å². The highest BCUT2D eigenvalue weighted by Gasteiger charge is 2.25. The minimum Gasteiger partial charge on any atom is -0.493 e. The highest BCUT2D eigenvalue weighted by Crippen LogP contribution is 2.31. The summed E-state index contributed by atoms with van der Waals surface area (Å²) < 4.78 is 10.7. The minimum absolute atomic E-state index is 0.103. The summed E-state index contributed by atoms with van der Waals surface area (Å²) in [5.41, 5.74) is 2.35. The zero-order valence-corrected chi connectivity index (χ0v) is 14.2. The number of carbonyl (C=O) groups excluding carboxylic acids is 1. The molecule has 122 valence electrons. The van der Waals surface area contributed by atoms with E-state index < -0.39 is 0 Å². The number of ether oxygens (including phenoxy) is 2. The molecule has 1 aromatic rings. The zero-order valence-electron chi connectivity index (χ0n) is 14.2. The van der Waals surface area contributed by atoms with Gasteiger partial charge in [-0.3, -0.25) is 4.79 Å². The van der Waals surface area contributed by atoms with Crippen LogP contribution in [-0.4, -0.2) is 38.8 Å². The van der Waals surface area contributed by atoms with Crippen LogP contribution < -0.4 is 19.7 Å². The van der Waals surface area contributed by atoms with Gasteiger partial charge in [0.15, 0.2) is 18.0 Å². The molecule has 5 heteroatoms. The smallest absolute Gasteiger partial charge is 0.275 e. The van der Waals surface area contributed by atoms with E-state index in [1.54, 1.807) is 14.2 Å². The molecule has 0 bridgehead atoms. The van der Waals surface area contributed by atoms with Crippen LogP contribution in [0.1, 0.15) is 31.9 Å². The Morgan fingerprint density at radius 1 is 1.18 bits per heavy atom. The predicted octanol–water partition coefficient (Wildman–Crippen LogP) is 0.560. The van der Waals surface area contributed by atoms with Crippen LogP contribution in [0.4, 0.5) is 0 Å². The Hall–Kier alpha value is -1.75. The van der Waals surface area contributed by atoms with Crippen molar-refractivity contribution in [1.82, 2.24) is 5.32 Å². The standard InChI is InChI=1S/C17H26N2O3/c1-17(2,3)18-16(20)11-19-7-6-12-8-14(21-4)15(22-5)9-13(12)10-19/h8-9H,6-7,10-11H2,1-5H3,(H,18,20)/p+1. The Morgan fingerprint density at radius 3 is 2.32 bits per heavy atom. The van der Waals surface area contributed by atoms with Crippen LogP contribution in [0.15, 0.2) is 12.1 Å². The van der Waals surface area contributed by atoms with Gasteiger partial charge in [-0.2, -0.15) is 0 Å². The van der Waals surface area contributed by atoms with Crippen molar-refractivity contribution in [3.63, 3.8) is 0 Å². The van der Waals surface area contributed by atoms with E-state index in [0.29, 0.717) is 6.54 Å². The molecule has 0 fully saturated rings. The second kappa shape index (κ2) is 6.57. The normalized spacial score (nSPS) is 17.6. The summed E-state index contributed by atoms with van der Waals surface area (Å²) in [4.78, 5) is 13.4. The van der Waals surface area contributed by atoms with Gasteiger partial charge in [0.05, 0.1) is 20.8 Å². The van der Waals surface area contributed by atoms with Crippen molar-refractivity contribution in [1.29, 1.82) is 0 Å². The Morgan fingerprint density at radius 2 is 1.77 bits per heavy atom. The number of fused-ring (bicyclic) bond motifs is 1. The molecule has 0 aromatic heterocycles. The fraction of sp³-hybridized carbons (Fsp3) is 0.588. The highest BCUT2D eigenvalue weighted by molar-refractivity contribution is 5.77. The highest BCUT2D eigenvalue weighted by atomic mass is 16.5. The number of methoxy groups -OCH3 is 2. The van der Waals surface area contributed by atoms with Gasteiger partial charge in [0.1, 0.15) is 6.54 Å². The van der Waals surface area contributed by atoms with Gasteiger partial charge in [0.2, 0.25) is 0 Å². The molecule has 0 spiro atoms. The number of hydrogen-bond donors (Lipinski definition) is 2. The maximum atomic E-state index is 12.1. The van der Waals surface area contributed by atoms with Gasteiger partial charge >= 0.3 is 0 Å². The molecule has 1 heterocycles. The van der Waals surface area contributed by atoms with Gasteiger partial charge in [0, 0.05) is 17.5 Å². The van der Waals surface area contributed by atoms with Crippen LogP contribution in [0.3, 0.4) is 0 Å². The molecule has 1 unspecified atom stereocenters. The molecule has 0 saturated heterocycles. The lowest BCUT2D eigenvalue weighted by Gasteiger charge is -2.28. The van der Waals surface area contributed by atoms with Crippen LogP contribution in [0.5, 0.6) is 11.5 Å². The van der Waals surface area contributed by atoms with E-state index in [9.17, 15) is 4.79 Å². The summed E-state index contributed by atoms with van der Waals surface area (Å²) in [5.74, 6) is 1.63. The lowest BCUT2D eigenvalue weighted by Crippen LogP contribution is -3.13. The largest absolute Gasteiger partial charge is 0.493 e. The maximum absolute atomic E-state index is 12.1. The monoisotopic (exact) mass is 307 g/mol. The van der Waals surface area contributed by atoms with Gasteiger partial charge in [-0.25, -0.2) is 0 Å². The number of rotatable bonds is 4. The summed E-state index contributed by atoms with van der Waals surface area (Å²) in [7, 11) is 3.30. The minimum atomic E-state index is -0.180. The fourth-order valence-corrected chi connectivity index (χ4v) is 2.87. The first-order chi connectivity index (χ1) is 10.3. The Kier molecular flexibility index (Phi) is 4.96. The molecule has 2 rings (SSSR count). The van der Waals surface area contributed by atoms with Gasteiger partial charge in [0.25, 0.3) is 5.91 Å². The van der Waals surface area contributed by atoms with Gasteiger partial charge in [-0.05, 0) is 38.5 Å². The molecule has 22 heavy (non-hydrogen) atoms. The summed E-state index contributed by atoms with van der Waals surface area (Å²) >= 11 is 0. The van der Waals surface area contributed by atoms with Crippen molar-refractivity contribution >= 4 is 5.91 Å². The van der Waals surface area contributed by atoms with Crippen LogP contribution in [0.2, 0.25) is 0 Å². The Balaban J connectivity index is 2.06. The number of nitrogens with one attached hydrogen (secondary N) is 2. The van der Waals surface area contributed by atoms with Crippen molar-refractivity contribution in [2.24, 2.45) is 0 Å². The van der Waals surface area contributed by atoms with Crippen LogP contribution in [0.25, 0.3) is 0 Å². The molecule has 0 radical (unpaired) electrons. The first-order valence-corrected chi connectivity index (χ1v) is 7.70. The van der Waals surface area contributed by atoms with E-state index in [0.717, 1.165) is 31.0 Å². The van der Waals surface area contributed by atoms with Gasteiger partial charge < -0.3 is 19.7 Å². The molecule has 5 nitrogen and oxygen atoms in total. The number of carbonyl (C=O) groups is 1. The fourth-order valence-electron chi connectivity index (χ4n) is 2.87. The summed E-state index contributed by atoms with van der Waals surface area (Å²) in [6.07, 6.45) is 0.952. The quantitative estimate of drug-likeness (QED) is 0.855. The summed E-state index contributed by atoms with van der Waals surface area (Å²) in [6, 6.07) is 4.09. The Labute approximate surface area is 132 Å². The third kappa shape index (κ3) is 4.13. The van der Waals surface area contributed by atoms with Gasteiger partial charge in [-0.15, -0.1) is 0 Å². The zero-order chi connectivity index (χ0) is 16.3. The molecular weight excluding hydrogens is 280 g/mol. The van der Waals surface area contributed by atoms with E-state index in [-0.39, 0.29) is 11.4 Å². The number of amides is 1. The topological polar surface area (TPSA) is 52.0 Å². The summed E-state index contributed by atoms with van der Waals surface area (Å²) in [6.45, 7) is 8.31. The van der Waals surface area contributed by atoms with Gasteiger partial charge in [-0.1, -0.05) is 0 Å². The molecule has 1 atom stereocenters. The van der Waals surface area contributed by atoms with Crippen molar-refractivity contribution in [2.75, 3.05) is 27.3 Å². The molecule has 1 aliphatic heterocycles. The van der Waals surface area contributed by atoms with Crippen LogP contribution in [-0.2, 0) is 17.8 Å². The summed E-state index contributed by atoms with van der Waals surface area (Å²) in [5, 5.41) is 3.03. The predicted molar refractivity (Wildman–Crippen MR) is 85.5 cm³/mol. The van der Waals surface area contributed by atoms with Crippen molar-refractivity contribution in [2.45, 2.75) is 39.3 Å². The van der Waals surface area contributed by atoms with Crippen molar-refractivity contribution in [3.8, 4) is 11.5 Å². The molecule has 1 aromatic carbocycles. The Bertz CT molecular complexity index is 550. The average molecular weight is 307 g/mol. The maximum Gasteiger partial charge on any atom is 0.275 e. The van der Waals surface area contributed by atoms with E-state index in [1.165, 1.54) is 16.0 Å². The lowest BCUT2D eigenvalue weighted by atomic mass is 9.98. The SMILES string of the molecule is COc1cc2c(cc1OC)C[NH+](CC(=O)NC(C)(C)C)CC2. The number of hydrogen-bond acceptors (Lipinski definition) is 3. The first kappa shape index (κ1) is 16.6. The van der Waals surface area contributed by atoms with E-state index >= 15 is 0 Å². The molecule has 0 saturated carbocycles. The second-order valence-electron chi connectivity index (χ2n) is 6.88. The molecular formula is C17H27N2O3+. The third-order valence-corrected chi connectivity index (χ3v) is 3.82. The van der Waals surface area contributed by atoms with Crippen LogP contribution in [0, 0.1) is 0 Å². The van der Waals surface area contributed by atoms with E-state index in [2.05, 4.69) is 11.4 Å². The molecule has 2 N–H and O–H groups in total. The second-order valence-corrected chi connectivity index (χ2v) is 6.88. The van der Waals surface area contributed by atoms with Crippen molar-refractivity contribution < 1.29 is 19.2 Å². The molecule has 1 aliphatic rings. The third-order valence-electron chi connectivity index (χ3n) is 3.82. The lowest BCUT2D eigenvalue weighted by molar-refractivity contribution is -0.908. The number of benzene rings is 1. The average Bonchev–Trinajstić information content (AvgIpc) is 2.43.